The highest BCUT2D eigenvalue weighted by molar-refractivity contribution is 9.10. The molecule has 0 aliphatic carbocycles. The Morgan fingerprint density at radius 1 is 1.44 bits per heavy atom. The maximum atomic E-state index is 8.76. The van der Waals surface area contributed by atoms with Gasteiger partial charge >= 0.3 is 0 Å². The quantitative estimate of drug-likeness (QED) is 0.846. The zero-order chi connectivity index (χ0) is 11.5. The van der Waals surface area contributed by atoms with Gasteiger partial charge in [0, 0.05) is 23.6 Å². The second-order valence-corrected chi connectivity index (χ2v) is 4.38. The van der Waals surface area contributed by atoms with Gasteiger partial charge < -0.3 is 0 Å². The van der Waals surface area contributed by atoms with Gasteiger partial charge in [0.25, 0.3) is 0 Å². The minimum Gasteiger partial charge on any atom is -0.271 e. The van der Waals surface area contributed by atoms with E-state index in [0.717, 1.165) is 16.6 Å². The second kappa shape index (κ2) is 4.50. The average molecular weight is 276 g/mol. The van der Waals surface area contributed by atoms with Crippen molar-refractivity contribution in [2.45, 2.75) is 6.42 Å². The summed E-state index contributed by atoms with van der Waals surface area (Å²) in [4.78, 5) is 0. The van der Waals surface area contributed by atoms with Crippen LogP contribution in [0.1, 0.15) is 17.0 Å². The highest BCUT2D eigenvalue weighted by Gasteiger charge is 2.07. The van der Waals surface area contributed by atoms with Gasteiger partial charge in [-0.25, -0.2) is 0 Å². The lowest BCUT2D eigenvalue weighted by atomic mass is 10.1. The van der Waals surface area contributed by atoms with Crippen molar-refractivity contribution in [2.75, 3.05) is 0 Å². The van der Waals surface area contributed by atoms with E-state index >= 15 is 0 Å². The Labute approximate surface area is 102 Å². The van der Waals surface area contributed by atoms with Crippen LogP contribution >= 0.6 is 15.9 Å². The molecular weight excluding hydrogens is 266 g/mol. The van der Waals surface area contributed by atoms with Crippen LogP contribution in [-0.4, -0.2) is 9.78 Å². The minimum atomic E-state index is 0.463. The molecule has 0 atom stereocenters. The number of hydrogen-bond acceptors (Lipinski definition) is 2. The van der Waals surface area contributed by atoms with Crippen LogP contribution in [0.4, 0.5) is 0 Å². The average Bonchev–Trinajstić information content (AvgIpc) is 2.63. The van der Waals surface area contributed by atoms with Crippen molar-refractivity contribution in [3.05, 3.63) is 51.8 Å². The molecule has 1 heterocycles. The molecule has 16 heavy (non-hydrogen) atoms. The van der Waals surface area contributed by atoms with E-state index in [1.165, 1.54) is 5.56 Å². The summed E-state index contributed by atoms with van der Waals surface area (Å²) in [6.45, 7) is 0. The van der Waals surface area contributed by atoms with Crippen molar-refractivity contribution in [3.8, 4) is 6.07 Å². The number of nitrogens with zero attached hydrogens (tertiary/aromatic N) is 3. The monoisotopic (exact) mass is 275 g/mol. The summed E-state index contributed by atoms with van der Waals surface area (Å²) in [6.07, 6.45) is 0.770. The van der Waals surface area contributed by atoms with Gasteiger partial charge in [-0.15, -0.1) is 0 Å². The normalized spacial score (nSPS) is 10.1. The van der Waals surface area contributed by atoms with Gasteiger partial charge in [0.2, 0.25) is 0 Å². The van der Waals surface area contributed by atoms with Gasteiger partial charge in [-0.1, -0.05) is 34.1 Å². The maximum absolute atomic E-state index is 8.76. The smallest absolute Gasteiger partial charge is 0.162 e. The summed E-state index contributed by atoms with van der Waals surface area (Å²) in [5.41, 5.74) is 2.68. The van der Waals surface area contributed by atoms with E-state index in [0.29, 0.717) is 5.69 Å². The molecule has 0 radical (unpaired) electrons. The Morgan fingerprint density at radius 2 is 2.19 bits per heavy atom. The third kappa shape index (κ3) is 2.15. The van der Waals surface area contributed by atoms with Gasteiger partial charge in [0.15, 0.2) is 5.69 Å². The van der Waals surface area contributed by atoms with E-state index in [-0.39, 0.29) is 0 Å². The number of rotatable bonds is 2. The first-order valence-corrected chi connectivity index (χ1v) is 5.66. The summed E-state index contributed by atoms with van der Waals surface area (Å²) < 4.78 is 2.83. The van der Waals surface area contributed by atoms with E-state index in [9.17, 15) is 0 Å². The number of aryl methyl sites for hydroxylation is 1. The molecule has 0 spiro atoms. The van der Waals surface area contributed by atoms with Crippen LogP contribution in [-0.2, 0) is 13.5 Å². The molecular formula is C12H10BrN3. The number of hydrogen-bond donors (Lipinski definition) is 0. The largest absolute Gasteiger partial charge is 0.271 e. The van der Waals surface area contributed by atoms with Crippen LogP contribution in [0.25, 0.3) is 0 Å². The fourth-order valence-corrected chi connectivity index (χ4v) is 1.99. The van der Waals surface area contributed by atoms with Gasteiger partial charge in [0.05, 0.1) is 0 Å². The first-order chi connectivity index (χ1) is 7.70. The Hall–Kier alpha value is -1.60. The summed E-state index contributed by atoms with van der Waals surface area (Å²) in [5.74, 6) is 0. The third-order valence-corrected chi connectivity index (χ3v) is 3.19. The molecule has 80 valence electrons. The molecule has 2 aromatic rings. The number of aromatic nitrogens is 2. The van der Waals surface area contributed by atoms with Gasteiger partial charge in [0.1, 0.15) is 6.07 Å². The number of halogens is 1. The molecule has 0 bridgehead atoms. The van der Waals surface area contributed by atoms with Crippen molar-refractivity contribution in [2.24, 2.45) is 7.05 Å². The molecule has 0 fully saturated rings. The molecule has 2 rings (SSSR count). The fraction of sp³-hybridized carbons (Fsp3) is 0.167. The lowest BCUT2D eigenvalue weighted by Gasteiger charge is -2.04. The number of nitriles is 1. The van der Waals surface area contributed by atoms with E-state index in [2.05, 4.69) is 27.1 Å². The van der Waals surface area contributed by atoms with Crippen LogP contribution in [0.3, 0.4) is 0 Å². The van der Waals surface area contributed by atoms with E-state index in [1.807, 2.05) is 37.4 Å². The lowest BCUT2D eigenvalue weighted by molar-refractivity contribution is 0.721. The highest BCUT2D eigenvalue weighted by atomic mass is 79.9. The fourth-order valence-electron chi connectivity index (χ4n) is 1.56. The summed E-state index contributed by atoms with van der Waals surface area (Å²) in [6, 6.07) is 11.9. The van der Waals surface area contributed by atoms with Gasteiger partial charge in [-0.3, -0.25) is 4.68 Å². The molecule has 1 aromatic carbocycles. The molecule has 0 unspecified atom stereocenters. The summed E-state index contributed by atoms with van der Waals surface area (Å²) in [7, 11) is 1.85. The van der Waals surface area contributed by atoms with Crippen molar-refractivity contribution in [3.63, 3.8) is 0 Å². The van der Waals surface area contributed by atoms with Crippen LogP contribution in [0, 0.1) is 11.3 Å². The van der Waals surface area contributed by atoms with E-state index in [1.54, 1.807) is 4.68 Å². The van der Waals surface area contributed by atoms with Crippen LogP contribution in [0.5, 0.6) is 0 Å². The second-order valence-electron chi connectivity index (χ2n) is 3.52. The van der Waals surface area contributed by atoms with Crippen LogP contribution in [0.2, 0.25) is 0 Å². The minimum absolute atomic E-state index is 0.463. The SMILES string of the molecule is Cn1nc(C#N)cc1Cc1ccccc1Br. The van der Waals surface area contributed by atoms with Crippen molar-refractivity contribution in [1.29, 1.82) is 5.26 Å². The van der Waals surface area contributed by atoms with Crippen molar-refractivity contribution < 1.29 is 0 Å². The summed E-state index contributed by atoms with van der Waals surface area (Å²) in [5, 5.41) is 12.9. The van der Waals surface area contributed by atoms with E-state index < -0.39 is 0 Å². The topological polar surface area (TPSA) is 41.6 Å². The maximum Gasteiger partial charge on any atom is 0.162 e. The first-order valence-electron chi connectivity index (χ1n) is 4.87. The molecule has 0 aliphatic rings. The Kier molecular flexibility index (Phi) is 3.07. The van der Waals surface area contributed by atoms with E-state index in [4.69, 9.17) is 5.26 Å². The van der Waals surface area contributed by atoms with Gasteiger partial charge in [-0.2, -0.15) is 10.4 Å². The molecule has 0 N–H and O–H groups in total. The summed E-state index contributed by atoms with van der Waals surface area (Å²) >= 11 is 3.51. The Balaban J connectivity index is 2.31. The zero-order valence-electron chi connectivity index (χ0n) is 8.81. The van der Waals surface area contributed by atoms with Crippen molar-refractivity contribution in [1.82, 2.24) is 9.78 Å². The third-order valence-electron chi connectivity index (χ3n) is 2.42. The molecule has 0 amide bonds. The molecule has 0 saturated carbocycles. The number of benzene rings is 1. The highest BCUT2D eigenvalue weighted by Crippen LogP contribution is 2.19. The molecule has 0 aliphatic heterocycles. The first kappa shape index (κ1) is 10.9. The van der Waals surface area contributed by atoms with Crippen LogP contribution in [0.15, 0.2) is 34.8 Å². The molecule has 4 heteroatoms. The predicted molar refractivity (Wildman–Crippen MR) is 64.9 cm³/mol. The molecule has 0 saturated heterocycles. The van der Waals surface area contributed by atoms with Crippen molar-refractivity contribution >= 4 is 15.9 Å². The van der Waals surface area contributed by atoms with Crippen LogP contribution < -0.4 is 0 Å². The molecule has 3 nitrogen and oxygen atoms in total. The predicted octanol–water partition coefficient (Wildman–Crippen LogP) is 2.65. The Bertz CT molecular complexity index is 552. The Morgan fingerprint density at radius 3 is 2.81 bits per heavy atom. The standard InChI is InChI=1S/C12H10BrN3/c1-16-11(7-10(8-14)15-16)6-9-4-2-3-5-12(9)13/h2-5,7H,6H2,1H3. The lowest BCUT2D eigenvalue weighted by Crippen LogP contribution is -1.99. The zero-order valence-corrected chi connectivity index (χ0v) is 10.4. The molecule has 1 aromatic heterocycles. The van der Waals surface area contributed by atoms with Gasteiger partial charge in [-0.05, 0) is 17.7 Å².